The molecule has 5 aromatic rings. The summed E-state index contributed by atoms with van der Waals surface area (Å²) in [4.78, 5) is 4.43. The first-order valence-electron chi connectivity index (χ1n) is 12.2. The molecule has 3 aromatic carbocycles. The topological polar surface area (TPSA) is 68.8 Å². The number of aryl methyl sites for hydroxylation is 1. The highest BCUT2D eigenvalue weighted by Crippen LogP contribution is 2.39. The number of aromatic nitrogens is 4. The normalized spacial score (nSPS) is 13.9. The minimum Gasteiger partial charge on any atom is -0.435 e. The summed E-state index contributed by atoms with van der Waals surface area (Å²) in [6.07, 6.45) is -0.762. The number of hydrogen-bond acceptors (Lipinski definition) is 5. The highest BCUT2D eigenvalue weighted by Gasteiger charge is 2.35. The molecule has 38 heavy (non-hydrogen) atoms. The van der Waals surface area contributed by atoms with Gasteiger partial charge in [0.05, 0.1) is 0 Å². The van der Waals surface area contributed by atoms with E-state index in [1.165, 1.54) is 18.5 Å². The monoisotopic (exact) mass is 521 g/mol. The molecule has 1 aliphatic carbocycles. The predicted molar refractivity (Wildman–Crippen MR) is 134 cm³/mol. The molecule has 2 aromatic heterocycles. The van der Waals surface area contributed by atoms with Gasteiger partial charge in [0.2, 0.25) is 5.89 Å². The summed E-state index contributed by atoms with van der Waals surface area (Å²) in [5, 5.41) is 11.2. The minimum absolute atomic E-state index is 0.0674. The summed E-state index contributed by atoms with van der Waals surface area (Å²) >= 11 is 0. The van der Waals surface area contributed by atoms with Gasteiger partial charge in [-0.2, -0.15) is 13.2 Å². The number of nitrogens with one attached hydrogen (secondary N) is 1. The molecule has 0 spiro atoms. The summed E-state index contributed by atoms with van der Waals surface area (Å²) in [6.45, 7) is 1.11. The standard InChI is InChI=1S/C28H23F4N5O/c1-37-15-34-36-26(37)22-12-20(29)7-8-21(22)18-3-2-4-19(11-18)27-35-24-10-17(14-33-13-16-5-6-16)9-23(25(24)38-27)28(30,31)32/h2-4,7-12,15-16,33H,5-6,13-14H2,1H3. The summed E-state index contributed by atoms with van der Waals surface area (Å²) in [6, 6.07) is 14.1. The maximum atomic E-state index is 14.2. The molecular formula is C28H23F4N5O. The Kier molecular flexibility index (Phi) is 5.98. The van der Waals surface area contributed by atoms with Crippen LogP contribution >= 0.6 is 0 Å². The molecule has 0 amide bonds. The van der Waals surface area contributed by atoms with E-state index in [2.05, 4.69) is 20.5 Å². The number of fused-ring (bicyclic) bond motifs is 1. The largest absolute Gasteiger partial charge is 0.435 e. The van der Waals surface area contributed by atoms with Crippen molar-refractivity contribution < 1.29 is 22.0 Å². The van der Waals surface area contributed by atoms with Gasteiger partial charge in [-0.15, -0.1) is 10.2 Å². The number of rotatable bonds is 7. The lowest BCUT2D eigenvalue weighted by Gasteiger charge is -2.10. The fourth-order valence-corrected chi connectivity index (χ4v) is 4.57. The average molecular weight is 522 g/mol. The highest BCUT2D eigenvalue weighted by molar-refractivity contribution is 5.84. The second kappa shape index (κ2) is 9.36. The second-order valence-corrected chi connectivity index (χ2v) is 9.62. The zero-order valence-electron chi connectivity index (χ0n) is 20.4. The summed E-state index contributed by atoms with van der Waals surface area (Å²) < 4.78 is 63.4. The van der Waals surface area contributed by atoms with E-state index in [1.807, 2.05) is 6.07 Å². The molecule has 10 heteroatoms. The number of halogens is 4. The van der Waals surface area contributed by atoms with Gasteiger partial charge < -0.3 is 14.3 Å². The molecule has 1 aliphatic rings. The number of benzene rings is 3. The molecule has 1 fully saturated rings. The third-order valence-electron chi connectivity index (χ3n) is 6.67. The van der Waals surface area contributed by atoms with Crippen molar-refractivity contribution in [3.05, 3.63) is 77.9 Å². The fraction of sp³-hybridized carbons (Fsp3) is 0.250. The van der Waals surface area contributed by atoms with Crippen molar-refractivity contribution in [3.8, 4) is 34.0 Å². The van der Waals surface area contributed by atoms with E-state index in [0.717, 1.165) is 25.5 Å². The lowest BCUT2D eigenvalue weighted by atomic mass is 9.97. The number of alkyl halides is 3. The van der Waals surface area contributed by atoms with Gasteiger partial charge in [0.15, 0.2) is 11.4 Å². The van der Waals surface area contributed by atoms with Crippen LogP contribution in [-0.4, -0.2) is 26.3 Å². The Morgan fingerprint density at radius 1 is 1.03 bits per heavy atom. The Balaban J connectivity index is 1.40. The zero-order valence-corrected chi connectivity index (χ0v) is 20.4. The zero-order chi connectivity index (χ0) is 26.4. The smallest absolute Gasteiger partial charge is 0.420 e. The van der Waals surface area contributed by atoms with Crippen molar-refractivity contribution in [1.82, 2.24) is 25.1 Å². The van der Waals surface area contributed by atoms with Gasteiger partial charge in [-0.25, -0.2) is 9.37 Å². The number of nitrogens with zero attached hydrogens (tertiary/aromatic N) is 4. The van der Waals surface area contributed by atoms with Crippen LogP contribution < -0.4 is 5.32 Å². The first kappa shape index (κ1) is 24.3. The average Bonchev–Trinajstić information content (AvgIpc) is 3.44. The third-order valence-corrected chi connectivity index (χ3v) is 6.67. The van der Waals surface area contributed by atoms with Crippen molar-refractivity contribution in [2.24, 2.45) is 13.0 Å². The van der Waals surface area contributed by atoms with Crippen molar-refractivity contribution in [2.45, 2.75) is 25.6 Å². The van der Waals surface area contributed by atoms with E-state index >= 15 is 0 Å². The maximum absolute atomic E-state index is 14.2. The van der Waals surface area contributed by atoms with E-state index in [1.54, 1.807) is 41.9 Å². The van der Waals surface area contributed by atoms with E-state index in [0.29, 0.717) is 46.1 Å². The van der Waals surface area contributed by atoms with Crippen LogP contribution in [-0.2, 0) is 19.8 Å². The minimum atomic E-state index is -4.59. The molecule has 1 N–H and O–H groups in total. The first-order valence-corrected chi connectivity index (χ1v) is 12.2. The van der Waals surface area contributed by atoms with Crippen LogP contribution in [0.25, 0.3) is 45.1 Å². The van der Waals surface area contributed by atoms with Gasteiger partial charge in [0.1, 0.15) is 23.2 Å². The first-order chi connectivity index (χ1) is 18.3. The molecule has 2 heterocycles. The van der Waals surface area contributed by atoms with Crippen LogP contribution in [0, 0.1) is 11.7 Å². The molecule has 0 unspecified atom stereocenters. The van der Waals surface area contributed by atoms with Gasteiger partial charge in [0.25, 0.3) is 0 Å². The summed E-state index contributed by atoms with van der Waals surface area (Å²) in [5.74, 6) is 0.730. The summed E-state index contributed by atoms with van der Waals surface area (Å²) in [5.41, 5.74) is 1.89. The van der Waals surface area contributed by atoms with Crippen LogP contribution in [0.5, 0.6) is 0 Å². The maximum Gasteiger partial charge on any atom is 0.420 e. The van der Waals surface area contributed by atoms with E-state index in [-0.39, 0.29) is 17.0 Å². The van der Waals surface area contributed by atoms with Crippen molar-refractivity contribution in [3.63, 3.8) is 0 Å². The van der Waals surface area contributed by atoms with Gasteiger partial charge in [-0.1, -0.05) is 18.2 Å². The molecule has 6 nitrogen and oxygen atoms in total. The highest BCUT2D eigenvalue weighted by atomic mass is 19.4. The van der Waals surface area contributed by atoms with Crippen LogP contribution in [0.2, 0.25) is 0 Å². The van der Waals surface area contributed by atoms with Gasteiger partial charge >= 0.3 is 6.18 Å². The Labute approximate surface area is 215 Å². The van der Waals surface area contributed by atoms with E-state index in [9.17, 15) is 17.6 Å². The lowest BCUT2D eigenvalue weighted by Crippen LogP contribution is -2.17. The molecule has 6 rings (SSSR count). The molecule has 0 atom stereocenters. The molecular weight excluding hydrogens is 498 g/mol. The predicted octanol–water partition coefficient (Wildman–Crippen LogP) is 6.61. The van der Waals surface area contributed by atoms with E-state index in [4.69, 9.17) is 4.42 Å². The molecule has 0 bridgehead atoms. The third kappa shape index (κ3) is 4.79. The van der Waals surface area contributed by atoms with Crippen LogP contribution in [0.1, 0.15) is 24.0 Å². The van der Waals surface area contributed by atoms with Crippen LogP contribution in [0.15, 0.2) is 65.3 Å². The second-order valence-electron chi connectivity index (χ2n) is 9.62. The molecule has 0 saturated heterocycles. The molecule has 1 saturated carbocycles. The fourth-order valence-electron chi connectivity index (χ4n) is 4.57. The molecule has 0 aliphatic heterocycles. The Bertz CT molecular complexity index is 1630. The summed E-state index contributed by atoms with van der Waals surface area (Å²) in [7, 11) is 1.76. The number of hydrogen-bond donors (Lipinski definition) is 1. The van der Waals surface area contributed by atoms with Crippen LogP contribution in [0.3, 0.4) is 0 Å². The van der Waals surface area contributed by atoms with Gasteiger partial charge in [-0.3, -0.25) is 0 Å². The lowest BCUT2D eigenvalue weighted by molar-refractivity contribution is -0.136. The Morgan fingerprint density at radius 3 is 2.58 bits per heavy atom. The molecule has 194 valence electrons. The molecule has 0 radical (unpaired) electrons. The van der Waals surface area contributed by atoms with Gasteiger partial charge in [-0.05, 0) is 78.4 Å². The van der Waals surface area contributed by atoms with Crippen molar-refractivity contribution in [2.75, 3.05) is 6.54 Å². The quantitative estimate of drug-likeness (QED) is 0.244. The number of oxazole rings is 1. The SMILES string of the molecule is Cn1cnnc1-c1cc(F)ccc1-c1cccc(-c2nc3cc(CNCC4CC4)cc(C(F)(F)F)c3o2)c1. The van der Waals surface area contributed by atoms with Crippen LogP contribution in [0.4, 0.5) is 17.6 Å². The van der Waals surface area contributed by atoms with E-state index < -0.39 is 17.6 Å². The van der Waals surface area contributed by atoms with Crippen molar-refractivity contribution in [1.29, 1.82) is 0 Å². The van der Waals surface area contributed by atoms with Gasteiger partial charge in [0, 0.05) is 24.7 Å². The Morgan fingerprint density at radius 2 is 1.84 bits per heavy atom. The Hall–Kier alpha value is -4.05. The van der Waals surface area contributed by atoms with Crippen molar-refractivity contribution >= 4 is 11.1 Å².